The highest BCUT2D eigenvalue weighted by Crippen LogP contribution is 1.89. The molecule has 0 aliphatic rings. The van der Waals surface area contributed by atoms with E-state index in [0.717, 1.165) is 0 Å². The Morgan fingerprint density at radius 1 is 1.50 bits per heavy atom. The maximum atomic E-state index is 10.6. The molecule has 10 heavy (non-hydrogen) atoms. The number of carbonyl (C=O) groups excluding carboxylic acids is 2. The molecule has 0 aliphatic heterocycles. The fraction of sp³-hybridized carbons (Fsp3) is 0.667. The lowest BCUT2D eigenvalue weighted by molar-refractivity contribution is -0.143. The van der Waals surface area contributed by atoms with E-state index in [-0.39, 0.29) is 25.2 Å². The van der Waals surface area contributed by atoms with Crippen LogP contribution in [0.25, 0.3) is 0 Å². The van der Waals surface area contributed by atoms with Gasteiger partial charge in [0.2, 0.25) is 0 Å². The quantitative estimate of drug-likeness (QED) is 0.426. The molecule has 2 N–H and O–H groups in total. The van der Waals surface area contributed by atoms with E-state index in [0.29, 0.717) is 0 Å². The van der Waals surface area contributed by atoms with E-state index in [1.165, 1.54) is 7.11 Å². The molecule has 4 nitrogen and oxygen atoms in total. The Morgan fingerprint density at radius 2 is 2.10 bits per heavy atom. The first-order valence-corrected chi connectivity index (χ1v) is 2.99. The molecular formula is C6H11NO3. The maximum Gasteiger partial charge on any atom is 0.313 e. The Hall–Kier alpha value is -0.900. The van der Waals surface area contributed by atoms with Crippen LogP contribution in [0.3, 0.4) is 0 Å². The summed E-state index contributed by atoms with van der Waals surface area (Å²) < 4.78 is 4.27. The number of hydrogen-bond donors (Lipinski definition) is 1. The van der Waals surface area contributed by atoms with Crippen LogP contribution in [-0.2, 0) is 14.3 Å². The fourth-order valence-corrected chi connectivity index (χ4v) is 0.483. The van der Waals surface area contributed by atoms with E-state index in [1.54, 1.807) is 0 Å². The van der Waals surface area contributed by atoms with Crippen LogP contribution in [0.15, 0.2) is 0 Å². The molecule has 0 radical (unpaired) electrons. The molecule has 0 heterocycles. The number of rotatable bonds is 4. The van der Waals surface area contributed by atoms with Gasteiger partial charge in [0.25, 0.3) is 0 Å². The summed E-state index contributed by atoms with van der Waals surface area (Å²) in [5, 5.41) is 0. The highest BCUT2D eigenvalue weighted by molar-refractivity contribution is 5.95. The van der Waals surface area contributed by atoms with Crippen molar-refractivity contribution in [3.8, 4) is 0 Å². The minimum atomic E-state index is -0.501. The van der Waals surface area contributed by atoms with Gasteiger partial charge in [-0.05, 0) is 6.54 Å². The summed E-state index contributed by atoms with van der Waals surface area (Å²) in [7, 11) is 1.25. The first-order valence-electron chi connectivity index (χ1n) is 2.99. The Bertz CT molecular complexity index is 133. The summed E-state index contributed by atoms with van der Waals surface area (Å²) in [5.74, 6) is -0.673. The molecule has 0 aromatic heterocycles. The van der Waals surface area contributed by atoms with Crippen LogP contribution in [0.1, 0.15) is 12.8 Å². The van der Waals surface area contributed by atoms with E-state index in [4.69, 9.17) is 5.73 Å². The number of hydrogen-bond acceptors (Lipinski definition) is 4. The second-order valence-corrected chi connectivity index (χ2v) is 1.83. The van der Waals surface area contributed by atoms with Gasteiger partial charge in [-0.25, -0.2) is 0 Å². The molecule has 0 aliphatic carbocycles. The average Bonchev–Trinajstić information content (AvgIpc) is 1.88. The predicted octanol–water partition coefficient (Wildman–Crippen LogP) is -0.533. The van der Waals surface area contributed by atoms with Gasteiger partial charge < -0.3 is 10.5 Å². The summed E-state index contributed by atoms with van der Waals surface area (Å²) in [6.45, 7) is 0.288. The standard InChI is InChI=1S/C6H11NO3/c1-10-6(9)4-5(8)2-3-7/h2-4,7H2,1H3. The second kappa shape index (κ2) is 4.93. The SMILES string of the molecule is COC(=O)CC(=O)CCN. The lowest BCUT2D eigenvalue weighted by Gasteiger charge is -1.95. The first-order chi connectivity index (χ1) is 4.70. The summed E-state index contributed by atoms with van der Waals surface area (Å²) in [4.78, 5) is 21.0. The van der Waals surface area contributed by atoms with Gasteiger partial charge in [-0.15, -0.1) is 0 Å². The van der Waals surface area contributed by atoms with Crippen molar-refractivity contribution in [3.63, 3.8) is 0 Å². The fourth-order valence-electron chi connectivity index (χ4n) is 0.483. The third kappa shape index (κ3) is 4.03. The highest BCUT2D eigenvalue weighted by atomic mass is 16.5. The van der Waals surface area contributed by atoms with E-state index < -0.39 is 5.97 Å². The molecule has 0 spiro atoms. The molecule has 0 rings (SSSR count). The lowest BCUT2D eigenvalue weighted by Crippen LogP contribution is -2.13. The van der Waals surface area contributed by atoms with Gasteiger partial charge in [-0.2, -0.15) is 0 Å². The number of carbonyl (C=O) groups is 2. The number of esters is 1. The topological polar surface area (TPSA) is 69.4 Å². The summed E-state index contributed by atoms with van der Waals surface area (Å²) in [5.41, 5.74) is 5.07. The Balaban J connectivity index is 3.47. The van der Waals surface area contributed by atoms with Gasteiger partial charge >= 0.3 is 5.97 Å². The van der Waals surface area contributed by atoms with Crippen LogP contribution >= 0.6 is 0 Å². The number of nitrogens with two attached hydrogens (primary N) is 1. The van der Waals surface area contributed by atoms with Gasteiger partial charge in [0, 0.05) is 6.42 Å². The van der Waals surface area contributed by atoms with Gasteiger partial charge in [0.15, 0.2) is 0 Å². The van der Waals surface area contributed by atoms with Crippen molar-refractivity contribution in [2.45, 2.75) is 12.8 Å². The summed E-state index contributed by atoms with van der Waals surface area (Å²) >= 11 is 0. The summed E-state index contributed by atoms with van der Waals surface area (Å²) in [6.07, 6.45) is 0.0861. The molecule has 0 bridgehead atoms. The van der Waals surface area contributed by atoms with E-state index in [9.17, 15) is 9.59 Å². The number of ketones is 1. The molecule has 0 aromatic carbocycles. The molecule has 58 valence electrons. The number of ether oxygens (including phenoxy) is 1. The van der Waals surface area contributed by atoms with Crippen molar-refractivity contribution >= 4 is 11.8 Å². The molecular weight excluding hydrogens is 134 g/mol. The van der Waals surface area contributed by atoms with Crippen LogP contribution in [0.2, 0.25) is 0 Å². The molecule has 0 saturated heterocycles. The molecule has 0 amide bonds. The van der Waals surface area contributed by atoms with Crippen molar-refractivity contribution in [3.05, 3.63) is 0 Å². The molecule has 0 atom stereocenters. The third-order valence-corrected chi connectivity index (χ3v) is 0.992. The first kappa shape index (κ1) is 9.10. The molecule has 0 unspecified atom stereocenters. The van der Waals surface area contributed by atoms with Crippen molar-refractivity contribution < 1.29 is 14.3 Å². The molecule has 0 fully saturated rings. The average molecular weight is 145 g/mol. The second-order valence-electron chi connectivity index (χ2n) is 1.83. The van der Waals surface area contributed by atoms with E-state index in [2.05, 4.69) is 4.74 Å². The highest BCUT2D eigenvalue weighted by Gasteiger charge is 2.07. The van der Waals surface area contributed by atoms with Crippen LogP contribution in [0.5, 0.6) is 0 Å². The largest absolute Gasteiger partial charge is 0.469 e. The van der Waals surface area contributed by atoms with Gasteiger partial charge in [-0.3, -0.25) is 9.59 Å². The minimum absolute atomic E-state index is 0.159. The zero-order valence-electron chi connectivity index (χ0n) is 5.92. The predicted molar refractivity (Wildman–Crippen MR) is 35.3 cm³/mol. The summed E-state index contributed by atoms with van der Waals surface area (Å²) in [6, 6.07) is 0. The third-order valence-electron chi connectivity index (χ3n) is 0.992. The van der Waals surface area contributed by atoms with Crippen LogP contribution in [0.4, 0.5) is 0 Å². The molecule has 0 aromatic rings. The van der Waals surface area contributed by atoms with Gasteiger partial charge in [-0.1, -0.05) is 0 Å². The van der Waals surface area contributed by atoms with Crippen LogP contribution in [0, 0.1) is 0 Å². The normalized spacial score (nSPS) is 9.00. The van der Waals surface area contributed by atoms with Crippen molar-refractivity contribution in [2.75, 3.05) is 13.7 Å². The van der Waals surface area contributed by atoms with Gasteiger partial charge in [0.05, 0.1) is 7.11 Å². The number of Topliss-reactive ketones (excluding diaryl/α,β-unsaturated/α-hetero) is 1. The Kier molecular flexibility index (Phi) is 4.49. The molecule has 4 heteroatoms. The van der Waals surface area contributed by atoms with Crippen molar-refractivity contribution in [2.24, 2.45) is 5.73 Å². The van der Waals surface area contributed by atoms with Crippen molar-refractivity contribution in [1.29, 1.82) is 0 Å². The minimum Gasteiger partial charge on any atom is -0.469 e. The zero-order chi connectivity index (χ0) is 7.98. The van der Waals surface area contributed by atoms with Crippen LogP contribution < -0.4 is 5.73 Å². The lowest BCUT2D eigenvalue weighted by atomic mass is 10.2. The maximum absolute atomic E-state index is 10.6. The van der Waals surface area contributed by atoms with Gasteiger partial charge in [0.1, 0.15) is 12.2 Å². The van der Waals surface area contributed by atoms with E-state index >= 15 is 0 Å². The van der Waals surface area contributed by atoms with Crippen LogP contribution in [-0.4, -0.2) is 25.4 Å². The monoisotopic (exact) mass is 145 g/mol. The van der Waals surface area contributed by atoms with Crippen molar-refractivity contribution in [1.82, 2.24) is 0 Å². The number of methoxy groups -OCH3 is 1. The smallest absolute Gasteiger partial charge is 0.313 e. The Morgan fingerprint density at radius 3 is 2.50 bits per heavy atom. The van der Waals surface area contributed by atoms with E-state index in [1.807, 2.05) is 0 Å². The molecule has 0 saturated carbocycles. The zero-order valence-corrected chi connectivity index (χ0v) is 5.92. The Labute approximate surface area is 59.3 Å².